The highest BCUT2D eigenvalue weighted by atomic mass is 35.5. The average Bonchev–Trinajstić information content (AvgIpc) is 2.49. The van der Waals surface area contributed by atoms with Crippen molar-refractivity contribution in [2.45, 2.75) is 32.7 Å². The van der Waals surface area contributed by atoms with Crippen LogP contribution in [0.5, 0.6) is 11.5 Å². The van der Waals surface area contributed by atoms with E-state index in [1.54, 1.807) is 14.2 Å². The molecule has 1 rings (SSSR count). The van der Waals surface area contributed by atoms with Gasteiger partial charge in [-0.2, -0.15) is 0 Å². The smallest absolute Gasteiger partial charge is 0.179 e. The quantitative estimate of drug-likeness (QED) is 0.758. The summed E-state index contributed by atoms with van der Waals surface area (Å²) >= 11 is 6.52. The molecule has 21 heavy (non-hydrogen) atoms. The topological polar surface area (TPSA) is 47.7 Å². The summed E-state index contributed by atoms with van der Waals surface area (Å²) in [6, 6.07) is 3.97. The third kappa shape index (κ3) is 4.25. The lowest BCUT2D eigenvalue weighted by Gasteiger charge is -2.31. The summed E-state index contributed by atoms with van der Waals surface area (Å²) < 4.78 is 10.7. The minimum absolute atomic E-state index is 0.0946. The number of nitrogens with two attached hydrogens (primary N) is 1. The van der Waals surface area contributed by atoms with Crippen LogP contribution < -0.4 is 15.2 Å². The van der Waals surface area contributed by atoms with Gasteiger partial charge in [-0.3, -0.25) is 4.90 Å². The molecule has 0 aromatic heterocycles. The summed E-state index contributed by atoms with van der Waals surface area (Å²) in [6.07, 6.45) is 2.17. The Kier molecular flexibility index (Phi) is 7.86. The van der Waals surface area contributed by atoms with Crippen LogP contribution in [0.2, 0.25) is 5.02 Å². The largest absolute Gasteiger partial charge is 0.493 e. The number of hydrogen-bond donors (Lipinski definition) is 1. The van der Waals surface area contributed by atoms with E-state index in [2.05, 4.69) is 18.7 Å². The highest BCUT2D eigenvalue weighted by molar-refractivity contribution is 6.33. The summed E-state index contributed by atoms with van der Waals surface area (Å²) in [5, 5.41) is 0.588. The van der Waals surface area contributed by atoms with Crippen LogP contribution in [0.1, 0.15) is 38.3 Å². The Morgan fingerprint density at radius 2 is 1.76 bits per heavy atom. The van der Waals surface area contributed by atoms with Crippen molar-refractivity contribution in [3.8, 4) is 11.5 Å². The van der Waals surface area contributed by atoms with Gasteiger partial charge in [0.25, 0.3) is 0 Å². The van der Waals surface area contributed by atoms with Gasteiger partial charge in [0.05, 0.1) is 19.2 Å². The van der Waals surface area contributed by atoms with Crippen LogP contribution in [0.4, 0.5) is 0 Å². The van der Waals surface area contributed by atoms with Gasteiger partial charge in [-0.25, -0.2) is 0 Å². The minimum atomic E-state index is 0.0946. The predicted molar refractivity (Wildman–Crippen MR) is 88.5 cm³/mol. The molecule has 0 saturated carbocycles. The van der Waals surface area contributed by atoms with Crippen molar-refractivity contribution >= 4 is 11.6 Å². The maximum atomic E-state index is 6.52. The van der Waals surface area contributed by atoms with E-state index in [9.17, 15) is 0 Å². The Hall–Kier alpha value is -0.970. The van der Waals surface area contributed by atoms with E-state index in [0.29, 0.717) is 23.1 Å². The molecule has 0 saturated heterocycles. The molecule has 0 spiro atoms. The lowest BCUT2D eigenvalue weighted by Crippen LogP contribution is -2.35. The minimum Gasteiger partial charge on any atom is -0.493 e. The van der Waals surface area contributed by atoms with Gasteiger partial charge < -0.3 is 15.2 Å². The fourth-order valence-electron chi connectivity index (χ4n) is 2.63. The number of rotatable bonds is 9. The SMILES string of the molecule is CCCN(CCC)C(CN)c1ccc(OC)c(OC)c1Cl. The first-order valence-electron chi connectivity index (χ1n) is 7.48. The Morgan fingerprint density at radius 3 is 2.19 bits per heavy atom. The molecular formula is C16H27ClN2O2. The van der Waals surface area contributed by atoms with Crippen molar-refractivity contribution < 1.29 is 9.47 Å². The molecule has 0 radical (unpaired) electrons. The van der Waals surface area contributed by atoms with Gasteiger partial charge in [0.1, 0.15) is 0 Å². The number of ether oxygens (including phenoxy) is 2. The third-order valence-electron chi connectivity index (χ3n) is 3.56. The third-order valence-corrected chi connectivity index (χ3v) is 3.95. The van der Waals surface area contributed by atoms with E-state index in [-0.39, 0.29) is 6.04 Å². The molecule has 1 aromatic carbocycles. The molecule has 0 amide bonds. The highest BCUT2D eigenvalue weighted by Crippen LogP contribution is 2.40. The second-order valence-electron chi connectivity index (χ2n) is 4.99. The van der Waals surface area contributed by atoms with Crippen molar-refractivity contribution in [2.24, 2.45) is 5.73 Å². The summed E-state index contributed by atoms with van der Waals surface area (Å²) in [6.45, 7) is 6.87. The molecule has 1 atom stereocenters. The number of halogens is 1. The summed E-state index contributed by atoms with van der Waals surface area (Å²) in [4.78, 5) is 2.38. The highest BCUT2D eigenvalue weighted by Gasteiger charge is 2.23. The van der Waals surface area contributed by atoms with Crippen molar-refractivity contribution in [1.29, 1.82) is 0 Å². The molecule has 0 bridgehead atoms. The number of benzene rings is 1. The first-order chi connectivity index (χ1) is 10.1. The van der Waals surface area contributed by atoms with Gasteiger partial charge in [0.2, 0.25) is 0 Å². The van der Waals surface area contributed by atoms with Gasteiger partial charge in [-0.15, -0.1) is 0 Å². The zero-order chi connectivity index (χ0) is 15.8. The molecule has 2 N–H and O–H groups in total. The van der Waals surface area contributed by atoms with Gasteiger partial charge in [0.15, 0.2) is 11.5 Å². The molecule has 0 heterocycles. The fourth-order valence-corrected chi connectivity index (χ4v) is 2.99. The van der Waals surface area contributed by atoms with Gasteiger partial charge in [-0.1, -0.05) is 31.5 Å². The molecule has 0 aliphatic carbocycles. The molecule has 4 nitrogen and oxygen atoms in total. The van der Waals surface area contributed by atoms with E-state index >= 15 is 0 Å². The summed E-state index contributed by atoms with van der Waals surface area (Å²) in [7, 11) is 3.20. The van der Waals surface area contributed by atoms with Crippen molar-refractivity contribution in [3.63, 3.8) is 0 Å². The van der Waals surface area contributed by atoms with Crippen LogP contribution in [-0.4, -0.2) is 38.8 Å². The predicted octanol–water partition coefficient (Wildman–Crippen LogP) is 3.48. The van der Waals surface area contributed by atoms with Crippen LogP contribution in [0.3, 0.4) is 0 Å². The maximum Gasteiger partial charge on any atom is 0.179 e. The van der Waals surface area contributed by atoms with Crippen LogP contribution in [-0.2, 0) is 0 Å². The van der Waals surface area contributed by atoms with E-state index in [4.69, 9.17) is 26.8 Å². The Bertz CT molecular complexity index is 435. The van der Waals surface area contributed by atoms with Crippen LogP contribution in [0, 0.1) is 0 Å². The van der Waals surface area contributed by atoms with E-state index < -0.39 is 0 Å². The first kappa shape index (κ1) is 18.1. The van der Waals surface area contributed by atoms with E-state index in [1.807, 2.05) is 12.1 Å². The second kappa shape index (κ2) is 9.13. The lowest BCUT2D eigenvalue weighted by atomic mass is 10.0. The number of methoxy groups -OCH3 is 2. The molecule has 5 heteroatoms. The van der Waals surface area contributed by atoms with Crippen molar-refractivity contribution in [1.82, 2.24) is 4.90 Å². The van der Waals surface area contributed by atoms with E-state index in [0.717, 1.165) is 31.5 Å². The monoisotopic (exact) mass is 314 g/mol. The maximum absolute atomic E-state index is 6.52. The number of nitrogens with zero attached hydrogens (tertiary/aromatic N) is 1. The zero-order valence-corrected chi connectivity index (χ0v) is 14.2. The number of hydrogen-bond acceptors (Lipinski definition) is 4. The Morgan fingerprint density at radius 1 is 1.14 bits per heavy atom. The van der Waals surface area contributed by atoms with Crippen LogP contribution in [0.15, 0.2) is 12.1 Å². The molecule has 120 valence electrons. The second-order valence-corrected chi connectivity index (χ2v) is 5.37. The lowest BCUT2D eigenvalue weighted by molar-refractivity contribution is 0.201. The molecule has 0 aliphatic rings. The molecule has 0 aliphatic heterocycles. The van der Waals surface area contributed by atoms with Gasteiger partial charge >= 0.3 is 0 Å². The first-order valence-corrected chi connectivity index (χ1v) is 7.86. The van der Waals surface area contributed by atoms with E-state index in [1.165, 1.54) is 0 Å². The van der Waals surface area contributed by atoms with Crippen molar-refractivity contribution in [2.75, 3.05) is 33.9 Å². The summed E-state index contributed by atoms with van der Waals surface area (Å²) in [5.41, 5.74) is 7.02. The summed E-state index contributed by atoms with van der Waals surface area (Å²) in [5.74, 6) is 1.21. The molecule has 0 fully saturated rings. The van der Waals surface area contributed by atoms with Crippen LogP contribution >= 0.6 is 11.6 Å². The molecular weight excluding hydrogens is 288 g/mol. The van der Waals surface area contributed by atoms with Gasteiger partial charge in [-0.05, 0) is 37.6 Å². The normalized spacial score (nSPS) is 12.5. The van der Waals surface area contributed by atoms with Crippen LogP contribution in [0.25, 0.3) is 0 Å². The average molecular weight is 315 g/mol. The zero-order valence-electron chi connectivity index (χ0n) is 13.5. The Balaban J connectivity index is 3.20. The molecule has 1 unspecified atom stereocenters. The standard InChI is InChI=1S/C16H27ClN2O2/c1-5-9-19(10-6-2)13(11-18)12-7-8-14(20-3)16(21-4)15(12)17/h7-8,13H,5-6,9-11,18H2,1-4H3. The Labute approximate surface area is 133 Å². The fraction of sp³-hybridized carbons (Fsp3) is 0.625. The van der Waals surface area contributed by atoms with Gasteiger partial charge in [0, 0.05) is 12.6 Å². The molecule has 1 aromatic rings. The van der Waals surface area contributed by atoms with Crippen molar-refractivity contribution in [3.05, 3.63) is 22.7 Å².